The van der Waals surface area contributed by atoms with E-state index in [1.165, 1.54) is 19.2 Å². The van der Waals surface area contributed by atoms with Crippen LogP contribution < -0.4 is 5.73 Å². The Balaban J connectivity index is 2.59. The molecule has 1 atom stereocenters. The summed E-state index contributed by atoms with van der Waals surface area (Å²) in [7, 11) is 1.40. The number of rotatable bonds is 5. The van der Waals surface area contributed by atoms with Crippen LogP contribution in [-0.2, 0) is 16.0 Å². The van der Waals surface area contributed by atoms with Crippen molar-refractivity contribution in [3.8, 4) is 5.75 Å². The molecule has 98 valence electrons. The van der Waals surface area contributed by atoms with E-state index in [-0.39, 0.29) is 12.3 Å². The van der Waals surface area contributed by atoms with E-state index in [0.29, 0.717) is 6.42 Å². The highest BCUT2D eigenvalue weighted by atomic mass is 16.4. The van der Waals surface area contributed by atoms with Gasteiger partial charge in [-0.3, -0.25) is 9.59 Å². The van der Waals surface area contributed by atoms with Gasteiger partial charge in [-0.2, -0.15) is 0 Å². The molecule has 1 rings (SSSR count). The SMILES string of the molecule is CN(CC(=O)O)C(=O)[C@@H](N)Cc1ccc(O)cc1. The van der Waals surface area contributed by atoms with Gasteiger partial charge in [0.15, 0.2) is 0 Å². The van der Waals surface area contributed by atoms with Crippen LogP contribution in [0.3, 0.4) is 0 Å². The Labute approximate surface area is 105 Å². The number of carbonyl (C=O) groups excluding carboxylic acids is 1. The summed E-state index contributed by atoms with van der Waals surface area (Å²) in [4.78, 5) is 23.3. The third-order valence-electron chi connectivity index (χ3n) is 2.46. The molecule has 0 radical (unpaired) electrons. The second kappa shape index (κ2) is 6.02. The normalized spacial score (nSPS) is 11.9. The van der Waals surface area contributed by atoms with E-state index < -0.39 is 17.9 Å². The highest BCUT2D eigenvalue weighted by Crippen LogP contribution is 2.11. The molecule has 0 heterocycles. The molecular formula is C12H16N2O4. The maximum absolute atomic E-state index is 11.7. The van der Waals surface area contributed by atoms with E-state index in [0.717, 1.165) is 10.5 Å². The monoisotopic (exact) mass is 252 g/mol. The molecule has 0 aliphatic heterocycles. The molecule has 0 fully saturated rings. The number of nitrogens with two attached hydrogens (primary N) is 1. The van der Waals surface area contributed by atoms with E-state index in [4.69, 9.17) is 15.9 Å². The maximum atomic E-state index is 11.7. The highest BCUT2D eigenvalue weighted by Gasteiger charge is 2.19. The summed E-state index contributed by atoms with van der Waals surface area (Å²) in [5.41, 5.74) is 6.52. The molecule has 18 heavy (non-hydrogen) atoms. The number of nitrogens with zero attached hydrogens (tertiary/aromatic N) is 1. The van der Waals surface area contributed by atoms with Gasteiger partial charge in [-0.05, 0) is 24.1 Å². The predicted octanol–water partition coefficient (Wildman–Crippen LogP) is -0.195. The van der Waals surface area contributed by atoms with Crippen LogP contribution in [0.4, 0.5) is 0 Å². The van der Waals surface area contributed by atoms with Crippen molar-refractivity contribution in [2.75, 3.05) is 13.6 Å². The Bertz CT molecular complexity index is 430. The summed E-state index contributed by atoms with van der Waals surface area (Å²) < 4.78 is 0. The number of benzene rings is 1. The third kappa shape index (κ3) is 4.06. The number of amides is 1. The van der Waals surface area contributed by atoms with Crippen LogP contribution >= 0.6 is 0 Å². The molecule has 0 saturated heterocycles. The number of phenolic OH excluding ortho intramolecular Hbond substituents is 1. The van der Waals surface area contributed by atoms with Gasteiger partial charge in [0.2, 0.25) is 5.91 Å². The van der Waals surface area contributed by atoms with Crippen LogP contribution in [0.25, 0.3) is 0 Å². The first kappa shape index (κ1) is 14.0. The molecule has 0 aliphatic rings. The molecule has 0 bridgehead atoms. The highest BCUT2D eigenvalue weighted by molar-refractivity contribution is 5.85. The number of hydrogen-bond acceptors (Lipinski definition) is 4. The summed E-state index contributed by atoms with van der Waals surface area (Å²) in [6.07, 6.45) is 0.295. The average molecular weight is 252 g/mol. The summed E-state index contributed by atoms with van der Waals surface area (Å²) in [5.74, 6) is -1.37. The largest absolute Gasteiger partial charge is 0.508 e. The molecule has 4 N–H and O–H groups in total. The minimum absolute atomic E-state index is 0.140. The number of likely N-dealkylation sites (N-methyl/N-ethyl adjacent to an activating group) is 1. The van der Waals surface area contributed by atoms with E-state index in [1.807, 2.05) is 0 Å². The Morgan fingerprint density at radius 3 is 2.39 bits per heavy atom. The lowest BCUT2D eigenvalue weighted by Gasteiger charge is -2.19. The topological polar surface area (TPSA) is 104 Å². The minimum atomic E-state index is -1.08. The van der Waals surface area contributed by atoms with Gasteiger partial charge in [-0.1, -0.05) is 12.1 Å². The van der Waals surface area contributed by atoms with Gasteiger partial charge in [0.1, 0.15) is 12.3 Å². The lowest BCUT2D eigenvalue weighted by Crippen LogP contribution is -2.44. The zero-order chi connectivity index (χ0) is 13.7. The van der Waals surface area contributed by atoms with Gasteiger partial charge < -0.3 is 20.8 Å². The number of hydrogen-bond donors (Lipinski definition) is 3. The van der Waals surface area contributed by atoms with Gasteiger partial charge in [0.25, 0.3) is 0 Å². The van der Waals surface area contributed by atoms with Crippen molar-refractivity contribution in [1.82, 2.24) is 4.90 Å². The molecule has 0 aliphatic carbocycles. The van der Waals surface area contributed by atoms with Gasteiger partial charge in [0.05, 0.1) is 6.04 Å². The van der Waals surface area contributed by atoms with Crippen LogP contribution in [0.1, 0.15) is 5.56 Å². The summed E-state index contributed by atoms with van der Waals surface area (Å²) in [5, 5.41) is 17.7. The van der Waals surface area contributed by atoms with Crippen molar-refractivity contribution < 1.29 is 19.8 Å². The van der Waals surface area contributed by atoms with E-state index in [1.54, 1.807) is 12.1 Å². The number of carbonyl (C=O) groups is 2. The van der Waals surface area contributed by atoms with Crippen LogP contribution in [0.15, 0.2) is 24.3 Å². The van der Waals surface area contributed by atoms with Crippen molar-refractivity contribution in [3.63, 3.8) is 0 Å². The Kier molecular flexibility index (Phi) is 4.67. The number of aromatic hydroxyl groups is 1. The zero-order valence-electron chi connectivity index (χ0n) is 10.0. The zero-order valence-corrected chi connectivity index (χ0v) is 10.0. The molecule has 0 saturated carbocycles. The second-order valence-corrected chi connectivity index (χ2v) is 4.07. The minimum Gasteiger partial charge on any atom is -0.508 e. The van der Waals surface area contributed by atoms with E-state index in [9.17, 15) is 9.59 Å². The second-order valence-electron chi connectivity index (χ2n) is 4.07. The fourth-order valence-electron chi connectivity index (χ4n) is 1.54. The van der Waals surface area contributed by atoms with Crippen molar-refractivity contribution in [2.45, 2.75) is 12.5 Å². The van der Waals surface area contributed by atoms with Crippen molar-refractivity contribution >= 4 is 11.9 Å². The molecule has 1 amide bonds. The Morgan fingerprint density at radius 1 is 1.33 bits per heavy atom. The fourth-order valence-corrected chi connectivity index (χ4v) is 1.54. The first-order valence-electron chi connectivity index (χ1n) is 5.40. The fraction of sp³-hybridized carbons (Fsp3) is 0.333. The molecule has 0 aromatic heterocycles. The Hall–Kier alpha value is -2.08. The van der Waals surface area contributed by atoms with Crippen molar-refractivity contribution in [2.24, 2.45) is 5.73 Å². The Morgan fingerprint density at radius 2 is 1.89 bits per heavy atom. The standard InChI is InChI=1S/C12H16N2O4/c1-14(7-11(16)17)12(18)10(13)6-8-2-4-9(15)5-3-8/h2-5,10,15H,6-7,13H2,1H3,(H,16,17)/t10-/m0/s1. The van der Waals surface area contributed by atoms with E-state index >= 15 is 0 Å². The van der Waals surface area contributed by atoms with Crippen molar-refractivity contribution in [1.29, 1.82) is 0 Å². The quantitative estimate of drug-likeness (QED) is 0.673. The molecule has 6 nitrogen and oxygen atoms in total. The molecule has 0 spiro atoms. The number of aliphatic carboxylic acids is 1. The van der Waals surface area contributed by atoms with Crippen LogP contribution in [0, 0.1) is 0 Å². The van der Waals surface area contributed by atoms with Crippen molar-refractivity contribution in [3.05, 3.63) is 29.8 Å². The van der Waals surface area contributed by atoms with E-state index in [2.05, 4.69) is 0 Å². The number of carboxylic acids is 1. The molecule has 6 heteroatoms. The first-order valence-corrected chi connectivity index (χ1v) is 5.40. The molecule has 1 aromatic carbocycles. The van der Waals surface area contributed by atoms with Crippen LogP contribution in [0.5, 0.6) is 5.75 Å². The smallest absolute Gasteiger partial charge is 0.323 e. The van der Waals surface area contributed by atoms with Gasteiger partial charge in [-0.15, -0.1) is 0 Å². The van der Waals surface area contributed by atoms with Crippen LogP contribution in [-0.4, -0.2) is 46.6 Å². The average Bonchev–Trinajstić information content (AvgIpc) is 2.30. The lowest BCUT2D eigenvalue weighted by molar-refractivity contribution is -0.143. The van der Waals surface area contributed by atoms with Gasteiger partial charge >= 0.3 is 5.97 Å². The molecule has 1 aromatic rings. The van der Waals surface area contributed by atoms with Gasteiger partial charge in [-0.25, -0.2) is 0 Å². The summed E-state index contributed by atoms with van der Waals surface area (Å²) in [6.45, 7) is -0.373. The number of phenols is 1. The lowest BCUT2D eigenvalue weighted by atomic mass is 10.1. The predicted molar refractivity (Wildman–Crippen MR) is 65.1 cm³/mol. The first-order chi connectivity index (χ1) is 8.40. The van der Waals surface area contributed by atoms with Gasteiger partial charge in [0, 0.05) is 7.05 Å². The molecular weight excluding hydrogens is 236 g/mol. The van der Waals surface area contributed by atoms with Crippen LogP contribution in [0.2, 0.25) is 0 Å². The summed E-state index contributed by atoms with van der Waals surface area (Å²) in [6, 6.07) is 5.55. The maximum Gasteiger partial charge on any atom is 0.323 e. The summed E-state index contributed by atoms with van der Waals surface area (Å²) >= 11 is 0. The number of carboxylic acid groups (broad SMARTS) is 1. The third-order valence-corrected chi connectivity index (χ3v) is 2.46. The molecule has 0 unspecified atom stereocenters.